The van der Waals surface area contributed by atoms with Crippen LogP contribution in [0.15, 0.2) is 0 Å². The minimum absolute atomic E-state index is 0.0697. The van der Waals surface area contributed by atoms with Gasteiger partial charge in [-0.05, 0) is 12.8 Å². The first-order valence-corrected chi connectivity index (χ1v) is 7.33. The van der Waals surface area contributed by atoms with E-state index in [1.165, 1.54) is 0 Å². The van der Waals surface area contributed by atoms with Crippen LogP contribution in [0.25, 0.3) is 0 Å². The van der Waals surface area contributed by atoms with Gasteiger partial charge in [-0.3, -0.25) is 14.5 Å². The molecule has 0 aromatic carbocycles. The number of carboxylic acids is 1. The van der Waals surface area contributed by atoms with Crippen LogP contribution in [-0.2, 0) is 9.59 Å². The Morgan fingerprint density at radius 1 is 1.10 bits per heavy atom. The van der Waals surface area contributed by atoms with Gasteiger partial charge in [-0.2, -0.15) is 0 Å². The number of carbonyl (C=O) groups is 2. The Morgan fingerprint density at radius 2 is 1.65 bits per heavy atom. The smallest absolute Gasteiger partial charge is 0.310 e. The highest BCUT2D eigenvalue weighted by molar-refractivity contribution is 5.85. The molecule has 1 heterocycles. The summed E-state index contributed by atoms with van der Waals surface area (Å²) in [4.78, 5) is 27.6. The van der Waals surface area contributed by atoms with Crippen molar-refractivity contribution in [3.05, 3.63) is 0 Å². The molecule has 1 saturated heterocycles. The largest absolute Gasteiger partial charge is 0.481 e. The predicted octanol–water partition coefficient (Wildman–Crippen LogP) is 0.404. The molecule has 20 heavy (non-hydrogen) atoms. The molecule has 1 aliphatic rings. The molecule has 0 atom stereocenters. The number of aliphatic hydroxyl groups excluding tert-OH is 1. The van der Waals surface area contributed by atoms with Crippen molar-refractivity contribution >= 4 is 11.9 Å². The number of rotatable bonds is 7. The summed E-state index contributed by atoms with van der Waals surface area (Å²) in [5.41, 5.74) is -0.931. The number of hydrogen-bond acceptors (Lipinski definition) is 4. The Balaban J connectivity index is 2.57. The molecule has 1 fully saturated rings. The molecule has 1 rings (SSSR count). The van der Waals surface area contributed by atoms with Crippen molar-refractivity contribution < 1.29 is 19.8 Å². The van der Waals surface area contributed by atoms with Crippen LogP contribution in [0.3, 0.4) is 0 Å². The summed E-state index contributed by atoms with van der Waals surface area (Å²) >= 11 is 0. The highest BCUT2D eigenvalue weighted by Gasteiger charge is 2.38. The second-order valence-corrected chi connectivity index (χ2v) is 5.42. The number of aliphatic carboxylic acids is 1. The number of piperazine rings is 1. The van der Waals surface area contributed by atoms with Crippen molar-refractivity contribution in [1.29, 1.82) is 0 Å². The van der Waals surface area contributed by atoms with Gasteiger partial charge in [0.05, 0.1) is 12.0 Å². The third kappa shape index (κ3) is 3.93. The van der Waals surface area contributed by atoms with E-state index in [2.05, 4.69) is 4.90 Å². The molecular weight excluding hydrogens is 260 g/mol. The van der Waals surface area contributed by atoms with Crippen LogP contribution in [0.4, 0.5) is 0 Å². The zero-order valence-corrected chi connectivity index (χ0v) is 12.5. The first kappa shape index (κ1) is 16.9. The molecule has 2 N–H and O–H groups in total. The zero-order chi connectivity index (χ0) is 15.2. The van der Waals surface area contributed by atoms with Crippen LogP contribution in [0.5, 0.6) is 0 Å². The lowest BCUT2D eigenvalue weighted by molar-refractivity contribution is -0.154. The third-order valence-electron chi connectivity index (χ3n) is 4.44. The van der Waals surface area contributed by atoms with Crippen LogP contribution in [0.2, 0.25) is 0 Å². The van der Waals surface area contributed by atoms with E-state index in [1.54, 1.807) is 4.90 Å². The van der Waals surface area contributed by atoms with Crippen LogP contribution in [0, 0.1) is 5.41 Å². The maximum absolute atomic E-state index is 12.3. The van der Waals surface area contributed by atoms with Crippen molar-refractivity contribution in [2.24, 2.45) is 5.41 Å². The van der Waals surface area contributed by atoms with Crippen molar-refractivity contribution in [3.63, 3.8) is 0 Å². The van der Waals surface area contributed by atoms with Gasteiger partial charge in [0.1, 0.15) is 0 Å². The maximum atomic E-state index is 12.3. The van der Waals surface area contributed by atoms with Crippen molar-refractivity contribution in [1.82, 2.24) is 9.80 Å². The standard InChI is InChI=1S/C14H26N2O4/c1-3-14(4-2,13(19)20)11-12(18)16-7-5-15(6-8-16)9-10-17/h17H,3-11H2,1-2H3,(H,19,20). The van der Waals surface area contributed by atoms with Crippen molar-refractivity contribution in [2.45, 2.75) is 33.1 Å². The van der Waals surface area contributed by atoms with E-state index in [4.69, 9.17) is 5.11 Å². The summed E-state index contributed by atoms with van der Waals surface area (Å²) in [6.45, 7) is 7.11. The molecular formula is C14H26N2O4. The average molecular weight is 286 g/mol. The number of carbonyl (C=O) groups excluding carboxylic acids is 1. The number of aliphatic hydroxyl groups is 1. The van der Waals surface area contributed by atoms with E-state index in [-0.39, 0.29) is 18.9 Å². The minimum Gasteiger partial charge on any atom is -0.481 e. The summed E-state index contributed by atoms with van der Waals surface area (Å²) in [5.74, 6) is -0.950. The van der Waals surface area contributed by atoms with E-state index < -0.39 is 11.4 Å². The van der Waals surface area contributed by atoms with Crippen LogP contribution in [0.1, 0.15) is 33.1 Å². The highest BCUT2D eigenvalue weighted by Crippen LogP contribution is 2.31. The fraction of sp³-hybridized carbons (Fsp3) is 0.857. The first-order valence-electron chi connectivity index (χ1n) is 7.33. The van der Waals surface area contributed by atoms with Gasteiger partial charge in [0.15, 0.2) is 0 Å². The predicted molar refractivity (Wildman–Crippen MR) is 75.4 cm³/mol. The summed E-state index contributed by atoms with van der Waals surface area (Å²) in [7, 11) is 0. The number of amides is 1. The topological polar surface area (TPSA) is 81.1 Å². The molecule has 6 heteroatoms. The second kappa shape index (κ2) is 7.59. The molecule has 6 nitrogen and oxygen atoms in total. The fourth-order valence-corrected chi connectivity index (χ4v) is 2.64. The zero-order valence-electron chi connectivity index (χ0n) is 12.5. The van der Waals surface area contributed by atoms with E-state index in [1.807, 2.05) is 13.8 Å². The van der Waals surface area contributed by atoms with E-state index in [0.717, 1.165) is 13.1 Å². The Bertz CT molecular complexity index is 334. The van der Waals surface area contributed by atoms with Gasteiger partial charge in [-0.1, -0.05) is 13.8 Å². The summed E-state index contributed by atoms with van der Waals surface area (Å²) in [5, 5.41) is 18.3. The van der Waals surface area contributed by atoms with Gasteiger partial charge in [-0.25, -0.2) is 0 Å². The van der Waals surface area contributed by atoms with E-state index in [0.29, 0.717) is 32.5 Å². The molecule has 1 amide bonds. The Labute approximate surface area is 120 Å². The molecule has 0 unspecified atom stereocenters. The third-order valence-corrected chi connectivity index (χ3v) is 4.44. The van der Waals surface area contributed by atoms with E-state index in [9.17, 15) is 14.7 Å². The quantitative estimate of drug-likeness (QED) is 0.708. The lowest BCUT2D eigenvalue weighted by Crippen LogP contribution is -2.50. The van der Waals surface area contributed by atoms with Gasteiger partial charge in [-0.15, -0.1) is 0 Å². The highest BCUT2D eigenvalue weighted by atomic mass is 16.4. The Kier molecular flexibility index (Phi) is 6.42. The summed E-state index contributed by atoms with van der Waals surface area (Å²) < 4.78 is 0. The molecule has 0 radical (unpaired) electrons. The van der Waals surface area contributed by atoms with Gasteiger partial charge in [0.25, 0.3) is 0 Å². The lowest BCUT2D eigenvalue weighted by atomic mass is 9.79. The SMILES string of the molecule is CCC(CC)(CC(=O)N1CCN(CCO)CC1)C(=O)O. The summed E-state index contributed by atoms with van der Waals surface area (Å²) in [6, 6.07) is 0. The molecule has 0 aromatic heterocycles. The number of carboxylic acid groups (broad SMARTS) is 1. The number of β-amino-alcohol motifs (C(OH)–C–C–N with tert-alkyl or cyclic N) is 1. The van der Waals surface area contributed by atoms with Gasteiger partial charge >= 0.3 is 5.97 Å². The van der Waals surface area contributed by atoms with E-state index >= 15 is 0 Å². The molecule has 0 aromatic rings. The van der Waals surface area contributed by atoms with Crippen LogP contribution < -0.4 is 0 Å². The monoisotopic (exact) mass is 286 g/mol. The molecule has 0 saturated carbocycles. The second-order valence-electron chi connectivity index (χ2n) is 5.42. The van der Waals surface area contributed by atoms with Crippen molar-refractivity contribution in [3.8, 4) is 0 Å². The fourth-order valence-electron chi connectivity index (χ4n) is 2.64. The molecule has 1 aliphatic heterocycles. The van der Waals surface area contributed by atoms with Gasteiger partial charge in [0.2, 0.25) is 5.91 Å². The molecule has 0 bridgehead atoms. The van der Waals surface area contributed by atoms with Crippen LogP contribution >= 0.6 is 0 Å². The van der Waals surface area contributed by atoms with Gasteiger partial charge in [0, 0.05) is 39.1 Å². The first-order chi connectivity index (χ1) is 9.49. The normalized spacial score (nSPS) is 17.2. The summed E-state index contributed by atoms with van der Waals surface area (Å²) in [6.07, 6.45) is 1.01. The minimum atomic E-state index is -0.931. The Hall–Kier alpha value is -1.14. The maximum Gasteiger partial charge on any atom is 0.310 e. The number of nitrogens with zero attached hydrogens (tertiary/aromatic N) is 2. The van der Waals surface area contributed by atoms with Crippen molar-refractivity contribution in [2.75, 3.05) is 39.3 Å². The van der Waals surface area contributed by atoms with Gasteiger partial charge < -0.3 is 15.1 Å². The molecule has 0 aliphatic carbocycles. The average Bonchev–Trinajstić information content (AvgIpc) is 2.45. The van der Waals surface area contributed by atoms with Crippen LogP contribution in [-0.4, -0.2) is 71.2 Å². The molecule has 116 valence electrons. The molecule has 0 spiro atoms. The Morgan fingerprint density at radius 3 is 2.05 bits per heavy atom. The number of hydrogen-bond donors (Lipinski definition) is 2. The lowest BCUT2D eigenvalue weighted by Gasteiger charge is -2.36.